The van der Waals surface area contributed by atoms with Gasteiger partial charge in [-0.1, -0.05) is 0 Å². The number of nitrogens with one attached hydrogen (secondary N) is 1. The third kappa shape index (κ3) is 3.77. The minimum absolute atomic E-state index is 0.0809. The third-order valence-electron chi connectivity index (χ3n) is 6.21. The van der Waals surface area contributed by atoms with Crippen LogP contribution in [0, 0.1) is 5.92 Å². The molecule has 7 nitrogen and oxygen atoms in total. The molecule has 2 fully saturated rings. The maximum absolute atomic E-state index is 13.0. The average Bonchev–Trinajstić information content (AvgIpc) is 3.09. The van der Waals surface area contributed by atoms with Crippen LogP contribution >= 0.6 is 0 Å². The van der Waals surface area contributed by atoms with E-state index in [0.29, 0.717) is 32.0 Å². The number of hydrogen-bond donors (Lipinski definition) is 1. The smallest absolute Gasteiger partial charge is 0.228 e. The Kier molecular flexibility index (Phi) is 5.12. The van der Waals surface area contributed by atoms with Gasteiger partial charge in [-0.05, 0) is 40.2 Å². The highest BCUT2D eigenvalue weighted by molar-refractivity contribution is 5.89. The second-order valence-electron chi connectivity index (χ2n) is 9.33. The molecule has 4 rings (SSSR count). The van der Waals surface area contributed by atoms with Crippen molar-refractivity contribution >= 4 is 11.8 Å². The van der Waals surface area contributed by atoms with Crippen LogP contribution in [0.25, 0.3) is 0 Å². The number of nitrogens with zero attached hydrogens (tertiary/aromatic N) is 4. The van der Waals surface area contributed by atoms with Gasteiger partial charge in [-0.2, -0.15) is 0 Å². The minimum atomic E-state index is -0.237. The monoisotopic (exact) mass is 385 g/mol. The van der Waals surface area contributed by atoms with Crippen molar-refractivity contribution in [2.45, 2.75) is 64.5 Å². The highest BCUT2D eigenvalue weighted by Gasteiger charge is 2.41. The molecule has 2 amide bonds. The summed E-state index contributed by atoms with van der Waals surface area (Å²) in [5.41, 5.74) is 1.89. The second kappa shape index (κ2) is 7.43. The number of likely N-dealkylation sites (tertiary alicyclic amines) is 1. The van der Waals surface area contributed by atoms with Crippen LogP contribution in [-0.2, 0) is 22.6 Å². The molecule has 3 aliphatic rings. The zero-order valence-corrected chi connectivity index (χ0v) is 17.2. The van der Waals surface area contributed by atoms with E-state index in [1.165, 1.54) is 6.42 Å². The van der Waals surface area contributed by atoms with Gasteiger partial charge < -0.3 is 15.1 Å². The first-order chi connectivity index (χ1) is 13.3. The quantitative estimate of drug-likeness (QED) is 0.834. The Hall–Kier alpha value is -2.02. The van der Waals surface area contributed by atoms with E-state index in [-0.39, 0.29) is 23.3 Å². The van der Waals surface area contributed by atoms with Gasteiger partial charge in [-0.3, -0.25) is 9.59 Å². The average molecular weight is 386 g/mol. The van der Waals surface area contributed by atoms with Gasteiger partial charge >= 0.3 is 0 Å². The summed E-state index contributed by atoms with van der Waals surface area (Å²) in [5.74, 6) is 1.27. The summed E-state index contributed by atoms with van der Waals surface area (Å²) in [7, 11) is 0. The lowest BCUT2D eigenvalue weighted by atomic mass is 9.97. The van der Waals surface area contributed by atoms with Crippen molar-refractivity contribution in [3.63, 3.8) is 0 Å². The predicted molar refractivity (Wildman–Crippen MR) is 106 cm³/mol. The molecule has 0 bridgehead atoms. The van der Waals surface area contributed by atoms with Crippen molar-refractivity contribution in [1.29, 1.82) is 0 Å². The summed E-state index contributed by atoms with van der Waals surface area (Å²) >= 11 is 0. The first-order valence-corrected chi connectivity index (χ1v) is 10.5. The van der Waals surface area contributed by atoms with Crippen LogP contribution in [0.2, 0.25) is 0 Å². The molecule has 0 aliphatic carbocycles. The molecule has 0 aromatic carbocycles. The fourth-order valence-corrected chi connectivity index (χ4v) is 4.57. The normalized spacial score (nSPS) is 25.8. The maximum Gasteiger partial charge on any atom is 0.228 e. The van der Waals surface area contributed by atoms with Gasteiger partial charge in [0.1, 0.15) is 5.82 Å². The SMILES string of the molecule is CC(C)(C)N1C[C@H](C(=O)N2CCc3nc([C@H]4CCCNC4)ncc3C2)CC1=O. The number of piperidine rings is 1. The summed E-state index contributed by atoms with van der Waals surface area (Å²) in [5, 5.41) is 3.42. The summed E-state index contributed by atoms with van der Waals surface area (Å²) in [6.45, 7) is 9.83. The predicted octanol–water partition coefficient (Wildman–Crippen LogP) is 1.48. The largest absolute Gasteiger partial charge is 0.338 e. The van der Waals surface area contributed by atoms with Crippen LogP contribution in [0.15, 0.2) is 6.20 Å². The number of aromatic nitrogens is 2. The van der Waals surface area contributed by atoms with Gasteiger partial charge in [-0.15, -0.1) is 0 Å². The molecule has 0 saturated carbocycles. The van der Waals surface area contributed by atoms with Crippen LogP contribution in [0.1, 0.15) is 63.0 Å². The highest BCUT2D eigenvalue weighted by atomic mass is 16.2. The Balaban J connectivity index is 1.43. The molecule has 2 atom stereocenters. The van der Waals surface area contributed by atoms with Gasteiger partial charge in [0, 0.05) is 62.2 Å². The molecular formula is C21H31N5O2. The lowest BCUT2D eigenvalue weighted by Crippen LogP contribution is -2.44. The molecule has 2 saturated heterocycles. The van der Waals surface area contributed by atoms with Crippen molar-refractivity contribution in [2.75, 3.05) is 26.2 Å². The van der Waals surface area contributed by atoms with Gasteiger partial charge in [0.2, 0.25) is 11.8 Å². The molecule has 0 unspecified atom stereocenters. The highest BCUT2D eigenvalue weighted by Crippen LogP contribution is 2.29. The van der Waals surface area contributed by atoms with E-state index < -0.39 is 0 Å². The fourth-order valence-electron chi connectivity index (χ4n) is 4.57. The van der Waals surface area contributed by atoms with Crippen LogP contribution in [0.3, 0.4) is 0 Å². The Morgan fingerprint density at radius 3 is 2.82 bits per heavy atom. The van der Waals surface area contributed by atoms with E-state index in [2.05, 4.69) is 10.3 Å². The molecule has 1 N–H and O–H groups in total. The van der Waals surface area contributed by atoms with Crippen molar-refractivity contribution in [2.24, 2.45) is 5.92 Å². The van der Waals surface area contributed by atoms with E-state index in [9.17, 15) is 9.59 Å². The first-order valence-electron chi connectivity index (χ1n) is 10.5. The third-order valence-corrected chi connectivity index (χ3v) is 6.21. The van der Waals surface area contributed by atoms with E-state index in [1.807, 2.05) is 36.8 Å². The fraction of sp³-hybridized carbons (Fsp3) is 0.714. The van der Waals surface area contributed by atoms with Crippen molar-refractivity contribution < 1.29 is 9.59 Å². The Morgan fingerprint density at radius 2 is 2.14 bits per heavy atom. The summed E-state index contributed by atoms with van der Waals surface area (Å²) in [6.07, 6.45) is 5.30. The molecule has 152 valence electrons. The molecule has 3 aliphatic heterocycles. The summed E-state index contributed by atoms with van der Waals surface area (Å²) in [6, 6.07) is 0. The number of hydrogen-bond acceptors (Lipinski definition) is 5. The first kappa shape index (κ1) is 19.3. The molecule has 7 heteroatoms. The van der Waals surface area contributed by atoms with E-state index in [1.54, 1.807) is 0 Å². The van der Waals surface area contributed by atoms with Crippen LogP contribution in [0.4, 0.5) is 0 Å². The second-order valence-corrected chi connectivity index (χ2v) is 9.33. The van der Waals surface area contributed by atoms with E-state index >= 15 is 0 Å². The minimum Gasteiger partial charge on any atom is -0.338 e. The lowest BCUT2D eigenvalue weighted by Gasteiger charge is -2.33. The van der Waals surface area contributed by atoms with E-state index in [0.717, 1.165) is 43.0 Å². The molecule has 1 aromatic rings. The standard InChI is InChI=1S/C21H31N5O2/c1-21(2,3)26-13-15(9-18(26)27)20(28)25-8-6-17-16(12-25)11-23-19(24-17)14-5-4-7-22-10-14/h11,14-15,22H,4-10,12-13H2,1-3H3/t14-,15+/m0/s1. The molecule has 4 heterocycles. The molecule has 28 heavy (non-hydrogen) atoms. The number of fused-ring (bicyclic) bond motifs is 1. The summed E-state index contributed by atoms with van der Waals surface area (Å²) in [4.78, 5) is 38.5. The van der Waals surface area contributed by atoms with Crippen LogP contribution in [0.5, 0.6) is 0 Å². The Bertz CT molecular complexity index is 767. The van der Waals surface area contributed by atoms with Crippen LogP contribution in [-0.4, -0.2) is 63.3 Å². The van der Waals surface area contributed by atoms with Crippen molar-refractivity contribution in [3.05, 3.63) is 23.3 Å². The zero-order valence-electron chi connectivity index (χ0n) is 17.2. The van der Waals surface area contributed by atoms with Gasteiger partial charge in [-0.25, -0.2) is 9.97 Å². The molecule has 0 spiro atoms. The van der Waals surface area contributed by atoms with Gasteiger partial charge in [0.15, 0.2) is 0 Å². The molecular weight excluding hydrogens is 354 g/mol. The van der Waals surface area contributed by atoms with Crippen molar-refractivity contribution in [3.8, 4) is 0 Å². The molecule has 1 aromatic heterocycles. The number of carbonyl (C=O) groups excluding carboxylic acids is 2. The number of amides is 2. The zero-order chi connectivity index (χ0) is 19.9. The van der Waals surface area contributed by atoms with Gasteiger partial charge in [0.05, 0.1) is 11.6 Å². The molecule has 0 radical (unpaired) electrons. The Morgan fingerprint density at radius 1 is 1.32 bits per heavy atom. The lowest BCUT2D eigenvalue weighted by molar-refractivity contribution is -0.136. The van der Waals surface area contributed by atoms with Crippen LogP contribution < -0.4 is 5.32 Å². The number of rotatable bonds is 2. The van der Waals surface area contributed by atoms with Crippen molar-refractivity contribution in [1.82, 2.24) is 25.1 Å². The topological polar surface area (TPSA) is 78.4 Å². The Labute approximate surface area is 166 Å². The van der Waals surface area contributed by atoms with Gasteiger partial charge in [0.25, 0.3) is 0 Å². The number of carbonyl (C=O) groups is 2. The summed E-state index contributed by atoms with van der Waals surface area (Å²) < 4.78 is 0. The van der Waals surface area contributed by atoms with E-state index in [4.69, 9.17) is 4.98 Å². The maximum atomic E-state index is 13.0.